The number of carbonyl (C=O) groups is 1. The fraction of sp³-hybridized carbons (Fsp3) is 0.296. The van der Waals surface area contributed by atoms with Gasteiger partial charge in [0.2, 0.25) is 0 Å². The van der Waals surface area contributed by atoms with E-state index in [0.717, 1.165) is 12.1 Å². The van der Waals surface area contributed by atoms with E-state index in [9.17, 15) is 57.5 Å². The van der Waals surface area contributed by atoms with Gasteiger partial charge < -0.3 is 0 Å². The Balaban J connectivity index is 1.89. The van der Waals surface area contributed by atoms with Crippen molar-refractivity contribution < 1.29 is 71.3 Å². The number of ether oxygens (including phenoxy) is 1. The van der Waals surface area contributed by atoms with Crippen LogP contribution in [0.1, 0.15) is 16.7 Å². The molecule has 0 amide bonds. The van der Waals surface area contributed by atoms with Gasteiger partial charge in [-0.3, -0.25) is 0 Å². The van der Waals surface area contributed by atoms with Crippen molar-refractivity contribution in [2.45, 2.75) is 42.5 Å². The zero-order valence-electron chi connectivity index (χ0n) is 21.5. The van der Waals surface area contributed by atoms with Gasteiger partial charge in [-0.05, 0) is 0 Å². The van der Waals surface area contributed by atoms with Gasteiger partial charge >= 0.3 is 239 Å². The summed E-state index contributed by atoms with van der Waals surface area (Å²) in [5, 5.41) is -2.85. The molecule has 2 heterocycles. The minimum atomic E-state index is -7.17. The molecule has 5 rings (SSSR count). The van der Waals surface area contributed by atoms with Crippen LogP contribution in [0.15, 0.2) is 78.9 Å². The van der Waals surface area contributed by atoms with Crippen LogP contribution in [-0.4, -0.2) is 36.8 Å². The third-order valence-corrected chi connectivity index (χ3v) is 12.3. The summed E-state index contributed by atoms with van der Waals surface area (Å²) < 4.78 is 191. The third kappa shape index (κ3) is 4.09. The molecule has 0 unspecified atom stereocenters. The first-order valence-electron chi connectivity index (χ1n) is 12.3. The molecule has 1 spiro atoms. The monoisotopic (exact) mass is 664 g/mol. The predicted octanol–water partition coefficient (Wildman–Crippen LogP) is 7.46. The van der Waals surface area contributed by atoms with Gasteiger partial charge in [-0.2, -0.15) is 0 Å². The second-order valence-corrected chi connectivity index (χ2v) is 13.9. The molecule has 44 heavy (non-hydrogen) atoms. The van der Waals surface area contributed by atoms with Crippen LogP contribution in [0, 0.1) is 0 Å². The third-order valence-electron chi connectivity index (χ3n) is 7.46. The molecule has 17 heteroatoms. The fourth-order valence-corrected chi connectivity index (χ4v) is 11.5. The van der Waals surface area contributed by atoms with Gasteiger partial charge in [0, 0.05) is 0 Å². The minimum absolute atomic E-state index is 0.208. The molecule has 3 aromatic carbocycles. The van der Waals surface area contributed by atoms with Crippen LogP contribution in [0.2, 0.25) is 0 Å². The summed E-state index contributed by atoms with van der Waals surface area (Å²) >= 11 is 0. The Bertz CT molecular complexity index is 1480. The molecule has 0 fully saturated rings. The van der Waals surface area contributed by atoms with Crippen LogP contribution in [0.25, 0.3) is 0 Å². The Hall–Kier alpha value is -3.36. The predicted molar refractivity (Wildman–Crippen MR) is 130 cm³/mol. The first kappa shape index (κ1) is 32.0. The molecule has 0 aliphatic carbocycles. The second-order valence-electron chi connectivity index (χ2n) is 10.0. The van der Waals surface area contributed by atoms with Crippen molar-refractivity contribution in [3.8, 4) is 0 Å². The van der Waals surface area contributed by atoms with E-state index in [2.05, 4.69) is 0 Å². The number of alkyl halides is 12. The number of halogens is 12. The van der Waals surface area contributed by atoms with Crippen molar-refractivity contribution >= 4 is 23.6 Å². The van der Waals surface area contributed by atoms with Crippen LogP contribution in [0.3, 0.4) is 0 Å². The van der Waals surface area contributed by atoms with Crippen molar-refractivity contribution in [2.75, 3.05) is 6.16 Å². The molecule has 0 radical (unpaired) electrons. The van der Waals surface area contributed by atoms with Crippen molar-refractivity contribution in [1.29, 1.82) is 0 Å². The molecule has 3 aromatic rings. The average molecular weight is 664 g/mol. The maximum absolute atomic E-state index is 14.7. The average Bonchev–Trinajstić information content (AvgIpc) is 3.35. The Morgan fingerprint density at radius 1 is 0.591 bits per heavy atom. The van der Waals surface area contributed by atoms with E-state index in [0.29, 0.717) is 24.3 Å². The molecule has 2 aliphatic rings. The van der Waals surface area contributed by atoms with Crippen molar-refractivity contribution in [3.63, 3.8) is 0 Å². The Morgan fingerprint density at radius 2 is 0.955 bits per heavy atom. The van der Waals surface area contributed by atoms with Gasteiger partial charge in [-0.15, -0.1) is 0 Å². The van der Waals surface area contributed by atoms with Crippen molar-refractivity contribution in [2.24, 2.45) is 0 Å². The van der Waals surface area contributed by atoms with Crippen LogP contribution >= 0.6 is 7.06 Å². The summed E-state index contributed by atoms with van der Waals surface area (Å²) in [6, 6.07) is 11.4. The molecule has 0 N–H and O–H groups in total. The molecule has 238 valence electrons. The van der Waals surface area contributed by atoms with E-state index >= 15 is 0 Å². The molecule has 2 aliphatic heterocycles. The zero-order valence-corrected chi connectivity index (χ0v) is 22.4. The first-order valence-corrected chi connectivity index (χ1v) is 14.5. The summed E-state index contributed by atoms with van der Waals surface area (Å²) in [6.07, 6.45) is -28.1. The van der Waals surface area contributed by atoms with Crippen molar-refractivity contribution in [3.05, 3.63) is 95.6 Å². The van der Waals surface area contributed by atoms with E-state index in [1.807, 2.05) is 0 Å². The normalized spacial score (nSPS) is 20.8. The van der Waals surface area contributed by atoms with Crippen LogP contribution in [-0.2, 0) is 36.4 Å². The molecule has 0 saturated heterocycles. The van der Waals surface area contributed by atoms with Gasteiger partial charge in [0.05, 0.1) is 0 Å². The van der Waals surface area contributed by atoms with E-state index in [-0.39, 0.29) is 17.7 Å². The van der Waals surface area contributed by atoms with E-state index in [1.165, 1.54) is 24.3 Å². The fourth-order valence-electron chi connectivity index (χ4n) is 5.75. The van der Waals surface area contributed by atoms with Crippen molar-refractivity contribution in [1.82, 2.24) is 0 Å². The molecule has 0 bridgehead atoms. The summed E-state index contributed by atoms with van der Waals surface area (Å²) in [5.41, 5.74) is -14.5. The SMILES string of the molecule is O=C(CP12(OC(C(F)(F)F)(C(F)(F)F)c3ccccc31)OC(C(F)(F)F)(C(F)(F)F)c1ccccc12)OCc1ccccc1. The maximum atomic E-state index is 14.7. The summed E-state index contributed by atoms with van der Waals surface area (Å²) in [4.78, 5) is 13.3. The van der Waals surface area contributed by atoms with E-state index in [4.69, 9.17) is 13.8 Å². The Kier molecular flexibility index (Phi) is 6.97. The van der Waals surface area contributed by atoms with E-state index < -0.39 is 83.4 Å². The number of esters is 1. The van der Waals surface area contributed by atoms with Gasteiger partial charge in [-0.25, -0.2) is 0 Å². The molecular formula is C27H17F12O4P. The van der Waals surface area contributed by atoms with Crippen LogP contribution < -0.4 is 10.6 Å². The number of hydrogen-bond donors (Lipinski definition) is 0. The molecule has 4 nitrogen and oxygen atoms in total. The standard InChI is InChI=1S/C27H17F12O4P/c28-24(29,30)22(25(31,32)33)17-10-4-6-12-19(17)44(42-22,15-21(40)41-14-16-8-2-1-3-9-16)20-13-7-5-11-18(20)23(43-44,26(34,35)36)27(37,38)39/h1-13H,14-15H2. The van der Waals surface area contributed by atoms with Gasteiger partial charge in [-0.1, -0.05) is 0 Å². The van der Waals surface area contributed by atoms with Gasteiger partial charge in [0.1, 0.15) is 0 Å². The number of benzene rings is 3. The number of rotatable bonds is 4. The molecule has 0 atom stereocenters. The summed E-state index contributed by atoms with van der Waals surface area (Å²) in [5.74, 6) is -1.78. The molecule has 0 aromatic heterocycles. The molecule has 0 saturated carbocycles. The summed E-state index contributed by atoms with van der Waals surface area (Å²) in [6.45, 7) is -0.692. The molecular weight excluding hydrogens is 647 g/mol. The number of fused-ring (bicyclic) bond motifs is 4. The van der Waals surface area contributed by atoms with Crippen LogP contribution in [0.4, 0.5) is 52.7 Å². The number of hydrogen-bond acceptors (Lipinski definition) is 4. The Morgan fingerprint density at radius 3 is 1.34 bits per heavy atom. The first-order chi connectivity index (χ1) is 20.2. The second kappa shape index (κ2) is 9.57. The van der Waals surface area contributed by atoms with E-state index in [1.54, 1.807) is 6.07 Å². The van der Waals surface area contributed by atoms with Gasteiger partial charge in [0.25, 0.3) is 0 Å². The van der Waals surface area contributed by atoms with Gasteiger partial charge in [0.15, 0.2) is 0 Å². The zero-order chi connectivity index (χ0) is 32.6. The Labute approximate surface area is 239 Å². The quantitative estimate of drug-likeness (QED) is 0.165. The van der Waals surface area contributed by atoms with Crippen LogP contribution in [0.5, 0.6) is 0 Å². The summed E-state index contributed by atoms with van der Waals surface area (Å²) in [7, 11) is -7.17. The topological polar surface area (TPSA) is 44.8 Å². The number of carbonyl (C=O) groups excluding carboxylic acids is 1.